The smallest absolute Gasteiger partial charge is 0.276 e. The lowest BCUT2D eigenvalue weighted by Crippen LogP contribution is -2.19. The Bertz CT molecular complexity index is 1000. The summed E-state index contributed by atoms with van der Waals surface area (Å²) < 4.78 is 1.49. The Morgan fingerprint density at radius 3 is 2.70 bits per heavy atom. The van der Waals surface area contributed by atoms with Gasteiger partial charge < -0.3 is 0 Å². The predicted molar refractivity (Wildman–Crippen MR) is 88.3 cm³/mol. The molecule has 0 bridgehead atoms. The quantitative estimate of drug-likeness (QED) is 0.633. The monoisotopic (exact) mass is 302 g/mol. The van der Waals surface area contributed by atoms with Crippen molar-refractivity contribution < 1.29 is 0 Å². The van der Waals surface area contributed by atoms with Crippen molar-refractivity contribution in [2.75, 3.05) is 0 Å². The summed E-state index contributed by atoms with van der Waals surface area (Å²) in [5.41, 5.74) is 4.07. The summed E-state index contributed by atoms with van der Waals surface area (Å²) in [4.78, 5) is 21.2. The van der Waals surface area contributed by atoms with Crippen molar-refractivity contribution >= 4 is 5.65 Å². The minimum absolute atomic E-state index is 0.0750. The lowest BCUT2D eigenvalue weighted by Gasteiger charge is -2.02. The molecule has 5 nitrogen and oxygen atoms in total. The topological polar surface area (TPSA) is 63.0 Å². The largest absolute Gasteiger partial charge is 0.296 e. The maximum atomic E-state index is 12.7. The number of benzene rings is 1. The summed E-state index contributed by atoms with van der Waals surface area (Å²) in [6, 6.07) is 13.7. The number of aromatic nitrogens is 4. The Kier molecular flexibility index (Phi) is 3.24. The van der Waals surface area contributed by atoms with Gasteiger partial charge in [0.15, 0.2) is 5.65 Å². The van der Waals surface area contributed by atoms with Crippen LogP contribution >= 0.6 is 0 Å². The van der Waals surface area contributed by atoms with E-state index in [1.807, 2.05) is 42.5 Å². The Hall–Kier alpha value is -3.21. The zero-order chi connectivity index (χ0) is 15.6. The number of nitrogens with one attached hydrogen (secondary N) is 1. The molecule has 4 aromatic rings. The molecule has 0 fully saturated rings. The van der Waals surface area contributed by atoms with Gasteiger partial charge in [-0.15, -0.1) is 0 Å². The molecule has 0 saturated carbocycles. The van der Waals surface area contributed by atoms with Crippen LogP contribution in [0.5, 0.6) is 0 Å². The van der Waals surface area contributed by atoms with Gasteiger partial charge in [-0.3, -0.25) is 14.9 Å². The Labute approximate surface area is 132 Å². The Balaban J connectivity index is 1.80. The summed E-state index contributed by atoms with van der Waals surface area (Å²) in [7, 11) is 0. The maximum absolute atomic E-state index is 12.7. The fourth-order valence-electron chi connectivity index (χ4n) is 2.67. The average Bonchev–Trinajstić information content (AvgIpc) is 3.04. The summed E-state index contributed by atoms with van der Waals surface area (Å²) >= 11 is 0. The number of hydrogen-bond donors (Lipinski definition) is 1. The summed E-state index contributed by atoms with van der Waals surface area (Å²) in [5, 5.41) is 3.00. The van der Waals surface area contributed by atoms with Crippen LogP contribution in [0.25, 0.3) is 16.8 Å². The second-order valence-corrected chi connectivity index (χ2v) is 5.34. The SMILES string of the molecule is O=c1c(Cc2ccccc2)cnc2c(-c3cccnc3)c[nH]n12. The van der Waals surface area contributed by atoms with Crippen LogP contribution in [0.2, 0.25) is 0 Å². The maximum Gasteiger partial charge on any atom is 0.276 e. The molecular weight excluding hydrogens is 288 g/mol. The molecule has 1 N–H and O–H groups in total. The van der Waals surface area contributed by atoms with Crippen molar-refractivity contribution in [3.63, 3.8) is 0 Å². The first-order chi connectivity index (χ1) is 11.3. The van der Waals surface area contributed by atoms with Crippen LogP contribution < -0.4 is 5.56 Å². The number of aromatic amines is 1. The molecule has 112 valence electrons. The van der Waals surface area contributed by atoms with E-state index in [9.17, 15) is 4.79 Å². The van der Waals surface area contributed by atoms with E-state index in [1.54, 1.807) is 24.8 Å². The third-order valence-corrected chi connectivity index (χ3v) is 3.82. The Morgan fingerprint density at radius 2 is 1.91 bits per heavy atom. The van der Waals surface area contributed by atoms with Crippen molar-refractivity contribution in [2.45, 2.75) is 6.42 Å². The van der Waals surface area contributed by atoms with Gasteiger partial charge in [-0.2, -0.15) is 0 Å². The molecule has 3 heterocycles. The van der Waals surface area contributed by atoms with Gasteiger partial charge in [-0.05, 0) is 11.6 Å². The van der Waals surface area contributed by atoms with Crippen LogP contribution in [-0.4, -0.2) is 19.6 Å². The lowest BCUT2D eigenvalue weighted by molar-refractivity contribution is 0.873. The molecule has 3 aromatic heterocycles. The van der Waals surface area contributed by atoms with E-state index in [2.05, 4.69) is 15.1 Å². The van der Waals surface area contributed by atoms with Crippen molar-refractivity contribution in [2.24, 2.45) is 0 Å². The minimum Gasteiger partial charge on any atom is -0.296 e. The second-order valence-electron chi connectivity index (χ2n) is 5.34. The van der Waals surface area contributed by atoms with Gasteiger partial charge >= 0.3 is 0 Å². The van der Waals surface area contributed by atoms with Crippen LogP contribution in [0.1, 0.15) is 11.1 Å². The van der Waals surface area contributed by atoms with Gasteiger partial charge in [0.1, 0.15) is 0 Å². The van der Waals surface area contributed by atoms with E-state index in [0.717, 1.165) is 16.7 Å². The molecule has 0 saturated heterocycles. The van der Waals surface area contributed by atoms with E-state index >= 15 is 0 Å². The highest BCUT2D eigenvalue weighted by molar-refractivity contribution is 5.76. The third-order valence-electron chi connectivity index (χ3n) is 3.82. The molecule has 0 unspecified atom stereocenters. The molecule has 0 spiro atoms. The van der Waals surface area contributed by atoms with Crippen LogP contribution in [0.15, 0.2) is 72.0 Å². The van der Waals surface area contributed by atoms with E-state index in [0.29, 0.717) is 17.6 Å². The highest BCUT2D eigenvalue weighted by atomic mass is 16.1. The fourth-order valence-corrected chi connectivity index (χ4v) is 2.67. The van der Waals surface area contributed by atoms with Gasteiger partial charge in [-0.1, -0.05) is 36.4 Å². The number of hydrogen-bond acceptors (Lipinski definition) is 3. The normalized spacial score (nSPS) is 11.0. The first-order valence-electron chi connectivity index (χ1n) is 7.35. The first kappa shape index (κ1) is 13.5. The van der Waals surface area contributed by atoms with E-state index in [4.69, 9.17) is 0 Å². The molecule has 23 heavy (non-hydrogen) atoms. The standard InChI is InChI=1S/C18H14N4O/c23-18-15(9-13-5-2-1-3-6-13)11-20-17-16(12-21-22(17)18)14-7-4-8-19-10-14/h1-8,10-12,21H,9H2. The predicted octanol–water partition coefficient (Wildman–Crippen LogP) is 2.68. The van der Waals surface area contributed by atoms with E-state index in [-0.39, 0.29) is 5.56 Å². The molecule has 4 rings (SSSR count). The van der Waals surface area contributed by atoms with Gasteiger partial charge in [0.05, 0.1) is 0 Å². The van der Waals surface area contributed by atoms with Gasteiger partial charge in [0, 0.05) is 47.9 Å². The van der Waals surface area contributed by atoms with Crippen LogP contribution in [0.3, 0.4) is 0 Å². The van der Waals surface area contributed by atoms with Crippen molar-refractivity contribution in [3.05, 3.63) is 88.7 Å². The van der Waals surface area contributed by atoms with Gasteiger partial charge in [0.2, 0.25) is 0 Å². The number of pyridine rings is 1. The van der Waals surface area contributed by atoms with Gasteiger partial charge in [-0.25, -0.2) is 9.50 Å². The second kappa shape index (κ2) is 5.53. The molecule has 0 aliphatic carbocycles. The minimum atomic E-state index is -0.0750. The number of H-pyrrole nitrogens is 1. The highest BCUT2D eigenvalue weighted by Gasteiger charge is 2.12. The lowest BCUT2D eigenvalue weighted by atomic mass is 10.1. The van der Waals surface area contributed by atoms with E-state index in [1.165, 1.54) is 4.52 Å². The third kappa shape index (κ3) is 2.42. The molecule has 0 radical (unpaired) electrons. The zero-order valence-electron chi connectivity index (χ0n) is 12.3. The zero-order valence-corrected chi connectivity index (χ0v) is 12.3. The summed E-state index contributed by atoms with van der Waals surface area (Å²) in [5.74, 6) is 0. The number of rotatable bonds is 3. The molecule has 0 aliphatic rings. The molecular formula is C18H14N4O. The molecule has 0 atom stereocenters. The summed E-state index contributed by atoms with van der Waals surface area (Å²) in [6.07, 6.45) is 7.49. The molecule has 5 heteroatoms. The Morgan fingerprint density at radius 1 is 1.04 bits per heavy atom. The van der Waals surface area contributed by atoms with Crippen LogP contribution in [-0.2, 0) is 6.42 Å². The fraction of sp³-hybridized carbons (Fsp3) is 0.0556. The van der Waals surface area contributed by atoms with Gasteiger partial charge in [0.25, 0.3) is 5.56 Å². The van der Waals surface area contributed by atoms with E-state index < -0.39 is 0 Å². The van der Waals surface area contributed by atoms with Crippen molar-refractivity contribution in [1.29, 1.82) is 0 Å². The number of nitrogens with zero attached hydrogens (tertiary/aromatic N) is 3. The summed E-state index contributed by atoms with van der Waals surface area (Å²) in [6.45, 7) is 0. The molecule has 0 aliphatic heterocycles. The van der Waals surface area contributed by atoms with Crippen molar-refractivity contribution in [3.8, 4) is 11.1 Å². The average molecular weight is 302 g/mol. The number of fused-ring (bicyclic) bond motifs is 1. The van der Waals surface area contributed by atoms with Crippen LogP contribution in [0.4, 0.5) is 0 Å². The first-order valence-corrected chi connectivity index (χ1v) is 7.35. The molecule has 1 aromatic carbocycles. The highest BCUT2D eigenvalue weighted by Crippen LogP contribution is 2.21. The van der Waals surface area contributed by atoms with Crippen LogP contribution in [0, 0.1) is 0 Å². The van der Waals surface area contributed by atoms with Crippen molar-refractivity contribution in [1.82, 2.24) is 19.6 Å². The molecule has 0 amide bonds.